The van der Waals surface area contributed by atoms with Crippen LogP contribution in [0.3, 0.4) is 0 Å². The molecule has 0 radical (unpaired) electrons. The molecular formula is C9H10BrN3O6. The number of nitro groups is 1. The monoisotopic (exact) mass is 335 g/mol. The molecular weight excluding hydrogens is 326 g/mol. The van der Waals surface area contributed by atoms with Crippen molar-refractivity contribution in [3.05, 3.63) is 34.3 Å². The highest BCUT2D eigenvalue weighted by molar-refractivity contribution is 9.09. The molecule has 19 heavy (non-hydrogen) atoms. The van der Waals surface area contributed by atoms with Crippen molar-refractivity contribution in [3.63, 3.8) is 0 Å². The summed E-state index contributed by atoms with van der Waals surface area (Å²) >= 11 is 2.71. The first-order valence-electron chi connectivity index (χ1n) is 4.92. The molecule has 0 spiro atoms. The fourth-order valence-electron chi connectivity index (χ4n) is 1.10. The number of hydrazine groups is 1. The Balaban J connectivity index is 2.66. The number of amides is 1. The van der Waals surface area contributed by atoms with E-state index < -0.39 is 27.8 Å². The minimum absolute atomic E-state index is 0.0108. The Hall–Kier alpha value is -1.94. The zero-order valence-electron chi connectivity index (χ0n) is 9.66. The Morgan fingerprint density at radius 1 is 1.58 bits per heavy atom. The van der Waals surface area contributed by atoms with Crippen molar-refractivity contribution in [2.45, 2.75) is 11.0 Å². The molecule has 0 aromatic carbocycles. The number of nitrogens with one attached hydrogen (secondary N) is 2. The normalized spacial score (nSPS) is 13.4. The van der Waals surface area contributed by atoms with E-state index in [1.54, 1.807) is 0 Å². The van der Waals surface area contributed by atoms with Gasteiger partial charge in [0.15, 0.2) is 5.76 Å². The molecule has 104 valence electrons. The lowest BCUT2D eigenvalue weighted by molar-refractivity contribution is -0.495. The lowest BCUT2D eigenvalue weighted by Crippen LogP contribution is -2.54. The molecule has 1 aromatic rings. The molecule has 9 nitrogen and oxygen atoms in total. The fourth-order valence-corrected chi connectivity index (χ4v) is 1.45. The van der Waals surface area contributed by atoms with Gasteiger partial charge in [0.05, 0.1) is 13.4 Å². The van der Waals surface area contributed by atoms with Crippen molar-refractivity contribution < 1.29 is 23.7 Å². The zero-order valence-corrected chi connectivity index (χ0v) is 11.2. The van der Waals surface area contributed by atoms with E-state index in [9.17, 15) is 19.7 Å². The Morgan fingerprint density at radius 2 is 2.26 bits per heavy atom. The molecule has 2 N–H and O–H groups in total. The Labute approximate surface area is 115 Å². The van der Waals surface area contributed by atoms with E-state index >= 15 is 0 Å². The van der Waals surface area contributed by atoms with Crippen LogP contribution >= 0.6 is 15.9 Å². The number of rotatable bonds is 6. The van der Waals surface area contributed by atoms with Crippen molar-refractivity contribution in [3.8, 4) is 0 Å². The van der Waals surface area contributed by atoms with Crippen LogP contribution in [0.2, 0.25) is 0 Å². The average Bonchev–Trinajstić information content (AvgIpc) is 2.91. The van der Waals surface area contributed by atoms with Crippen molar-refractivity contribution in [2.24, 2.45) is 0 Å². The highest BCUT2D eigenvalue weighted by atomic mass is 79.9. The van der Waals surface area contributed by atoms with Gasteiger partial charge in [-0.05, 0) is 28.1 Å². The van der Waals surface area contributed by atoms with E-state index in [0.29, 0.717) is 0 Å². The molecule has 0 aliphatic rings. The molecule has 0 fully saturated rings. The minimum atomic E-state index is -1.46. The third-order valence-electron chi connectivity index (χ3n) is 2.02. The second kappa shape index (κ2) is 6.85. The quantitative estimate of drug-likeness (QED) is 0.247. The number of hydrogen-bond acceptors (Lipinski definition) is 7. The number of esters is 1. The molecule has 0 bridgehead atoms. The number of carbonyl (C=O) groups excluding carboxylic acids is 2. The topological polar surface area (TPSA) is 124 Å². The average molecular weight is 336 g/mol. The maximum Gasteiger partial charge on any atom is 0.332 e. The molecule has 1 rings (SSSR count). The molecule has 1 aromatic heterocycles. The Morgan fingerprint density at radius 3 is 2.74 bits per heavy atom. The summed E-state index contributed by atoms with van der Waals surface area (Å²) in [7, 11) is 1.07. The lowest BCUT2D eigenvalue weighted by atomic mass is 10.3. The van der Waals surface area contributed by atoms with Gasteiger partial charge in [-0.25, -0.2) is 10.2 Å². The van der Waals surface area contributed by atoms with Gasteiger partial charge < -0.3 is 9.15 Å². The minimum Gasteiger partial charge on any atom is -0.468 e. The van der Waals surface area contributed by atoms with Gasteiger partial charge >= 0.3 is 11.9 Å². The van der Waals surface area contributed by atoms with E-state index in [4.69, 9.17) is 4.42 Å². The van der Waals surface area contributed by atoms with Gasteiger partial charge in [-0.1, -0.05) is 0 Å². The van der Waals surface area contributed by atoms with Gasteiger partial charge in [0.2, 0.25) is 6.04 Å². The number of nitrogens with zero attached hydrogens (tertiary/aromatic N) is 1. The van der Waals surface area contributed by atoms with Crippen LogP contribution in [0.25, 0.3) is 0 Å². The number of halogens is 1. The maximum absolute atomic E-state index is 11.5. The number of hydrogen-bond donors (Lipinski definition) is 2. The van der Waals surface area contributed by atoms with Gasteiger partial charge in [0.1, 0.15) is 0 Å². The number of furan rings is 1. The summed E-state index contributed by atoms with van der Waals surface area (Å²) in [6.45, 7) is 0. The van der Waals surface area contributed by atoms with Crippen LogP contribution < -0.4 is 10.9 Å². The van der Waals surface area contributed by atoms with Gasteiger partial charge in [-0.15, -0.1) is 0 Å². The number of ether oxygens (including phenoxy) is 1. The largest absolute Gasteiger partial charge is 0.468 e. The third kappa shape index (κ3) is 4.03. The molecule has 0 aliphatic heterocycles. The second-order valence-corrected chi connectivity index (χ2v) is 4.17. The lowest BCUT2D eigenvalue weighted by Gasteiger charge is -2.16. The van der Waals surface area contributed by atoms with E-state index in [1.807, 2.05) is 0 Å². The molecule has 0 aliphatic carbocycles. The molecule has 2 unspecified atom stereocenters. The van der Waals surface area contributed by atoms with Crippen LogP contribution in [-0.2, 0) is 9.53 Å². The molecule has 1 heterocycles. The van der Waals surface area contributed by atoms with E-state index in [0.717, 1.165) is 7.11 Å². The molecule has 2 atom stereocenters. The Kier molecular flexibility index (Phi) is 5.45. The standard InChI is InChI=1S/C9H10BrN3O6/c1-18-9(15)6(7(10)13(16)17)11-12-8(14)5-3-2-4-19-5/h2-4,6-7,11H,1H3,(H,12,14). The van der Waals surface area contributed by atoms with Crippen LogP contribution in [0.1, 0.15) is 10.6 Å². The van der Waals surface area contributed by atoms with Crippen LogP contribution in [-0.4, -0.2) is 34.9 Å². The van der Waals surface area contributed by atoms with Crippen LogP contribution in [0.4, 0.5) is 0 Å². The second-order valence-electron chi connectivity index (χ2n) is 3.23. The van der Waals surface area contributed by atoms with Crippen LogP contribution in [0, 0.1) is 10.1 Å². The smallest absolute Gasteiger partial charge is 0.332 e. The molecule has 10 heteroatoms. The van der Waals surface area contributed by atoms with Gasteiger partial charge in [0.25, 0.3) is 4.95 Å². The number of carbonyl (C=O) groups is 2. The van der Waals surface area contributed by atoms with E-state index in [2.05, 4.69) is 31.5 Å². The van der Waals surface area contributed by atoms with Crippen molar-refractivity contribution >= 4 is 27.8 Å². The highest BCUT2D eigenvalue weighted by Gasteiger charge is 2.36. The van der Waals surface area contributed by atoms with Crippen LogP contribution in [0.5, 0.6) is 0 Å². The van der Waals surface area contributed by atoms with Gasteiger partial charge in [-0.3, -0.25) is 20.3 Å². The maximum atomic E-state index is 11.5. The van der Waals surface area contributed by atoms with Crippen molar-refractivity contribution in [1.82, 2.24) is 10.9 Å². The molecule has 0 saturated carbocycles. The van der Waals surface area contributed by atoms with Crippen LogP contribution in [0.15, 0.2) is 22.8 Å². The van der Waals surface area contributed by atoms with E-state index in [1.165, 1.54) is 18.4 Å². The first-order chi connectivity index (χ1) is 8.97. The summed E-state index contributed by atoms with van der Waals surface area (Å²) in [6.07, 6.45) is 1.29. The molecule has 1 amide bonds. The summed E-state index contributed by atoms with van der Waals surface area (Å²) in [5, 5.41) is 10.6. The predicted molar refractivity (Wildman–Crippen MR) is 64.8 cm³/mol. The summed E-state index contributed by atoms with van der Waals surface area (Å²) in [5.41, 5.74) is 4.34. The number of alkyl halides is 1. The van der Waals surface area contributed by atoms with E-state index in [-0.39, 0.29) is 5.76 Å². The summed E-state index contributed by atoms with van der Waals surface area (Å²) in [5.74, 6) is -1.59. The fraction of sp³-hybridized carbons (Fsp3) is 0.333. The Bertz CT molecular complexity index is 463. The van der Waals surface area contributed by atoms with Crippen molar-refractivity contribution in [2.75, 3.05) is 7.11 Å². The highest BCUT2D eigenvalue weighted by Crippen LogP contribution is 2.08. The van der Waals surface area contributed by atoms with Gasteiger partial charge in [-0.2, -0.15) is 0 Å². The molecule has 0 saturated heterocycles. The summed E-state index contributed by atoms with van der Waals surface area (Å²) in [6, 6.07) is 1.50. The zero-order chi connectivity index (χ0) is 14.4. The first kappa shape index (κ1) is 15.1. The predicted octanol–water partition coefficient (Wildman–Crippen LogP) is 0.0533. The van der Waals surface area contributed by atoms with Gasteiger partial charge in [0, 0.05) is 4.92 Å². The summed E-state index contributed by atoms with van der Waals surface area (Å²) < 4.78 is 9.20. The third-order valence-corrected chi connectivity index (χ3v) is 2.88. The van der Waals surface area contributed by atoms with Crippen molar-refractivity contribution in [1.29, 1.82) is 0 Å². The number of methoxy groups -OCH3 is 1. The SMILES string of the molecule is COC(=O)C(NNC(=O)c1ccco1)C(Br)[N+](=O)[O-]. The first-order valence-corrected chi connectivity index (χ1v) is 5.83. The summed E-state index contributed by atoms with van der Waals surface area (Å²) in [4.78, 5) is 31.3.